The fraction of sp³-hybridized carbons (Fsp3) is 0.222. The molecular formula is C18H21OP. The average Bonchev–Trinajstić information content (AvgIpc) is 2.44. The van der Waals surface area contributed by atoms with E-state index >= 15 is 0 Å². The van der Waals surface area contributed by atoms with E-state index in [0.29, 0.717) is 0 Å². The average molecular weight is 284 g/mol. The van der Waals surface area contributed by atoms with E-state index in [1.54, 1.807) is 0 Å². The number of aryl methyl sites for hydroxylation is 2. The van der Waals surface area contributed by atoms with E-state index in [1.165, 1.54) is 27.8 Å². The number of hydrogen-bond donors (Lipinski definition) is 1. The lowest BCUT2D eigenvalue weighted by molar-refractivity contribution is 0.655. The second-order valence-corrected chi connectivity index (χ2v) is 6.07. The standard InChI is InChI=1S/C18H21OP/c1-12-10-13(2)18(15(4)20-19)14(3)17(12)11-16-8-6-5-7-9-16/h5-10,19-20H,4,11H2,1-3H3. The fourth-order valence-corrected chi connectivity index (χ4v) is 3.32. The molecule has 2 heteroatoms. The Balaban J connectivity index is 2.51. The summed E-state index contributed by atoms with van der Waals surface area (Å²) in [4.78, 5) is 9.42. The zero-order chi connectivity index (χ0) is 14.7. The van der Waals surface area contributed by atoms with Crippen molar-refractivity contribution in [3.05, 3.63) is 76.4 Å². The van der Waals surface area contributed by atoms with Gasteiger partial charge in [-0.2, -0.15) is 0 Å². The highest BCUT2D eigenvalue weighted by Crippen LogP contribution is 2.35. The van der Waals surface area contributed by atoms with E-state index in [4.69, 9.17) is 0 Å². The second-order valence-electron chi connectivity index (χ2n) is 5.24. The van der Waals surface area contributed by atoms with Crippen LogP contribution in [0, 0.1) is 20.8 Å². The summed E-state index contributed by atoms with van der Waals surface area (Å²) < 4.78 is 0. The summed E-state index contributed by atoms with van der Waals surface area (Å²) in [5, 5.41) is 0.828. The molecule has 2 rings (SSSR count). The molecule has 0 fully saturated rings. The maximum Gasteiger partial charge on any atom is 0.0420 e. The zero-order valence-electron chi connectivity index (χ0n) is 12.3. The topological polar surface area (TPSA) is 20.2 Å². The molecule has 1 nitrogen and oxygen atoms in total. The number of hydrogen-bond acceptors (Lipinski definition) is 1. The molecule has 0 amide bonds. The van der Waals surface area contributed by atoms with E-state index < -0.39 is 0 Å². The van der Waals surface area contributed by atoms with Gasteiger partial charge in [0.1, 0.15) is 0 Å². The minimum absolute atomic E-state index is 0.232. The maximum absolute atomic E-state index is 9.42. The van der Waals surface area contributed by atoms with E-state index in [-0.39, 0.29) is 8.81 Å². The SMILES string of the molecule is C=C(PO)c1c(C)cc(C)c(Cc2ccccc2)c1C. The molecule has 0 bridgehead atoms. The van der Waals surface area contributed by atoms with Crippen LogP contribution in [0.1, 0.15) is 33.4 Å². The van der Waals surface area contributed by atoms with Gasteiger partial charge in [-0.05, 0) is 65.9 Å². The van der Waals surface area contributed by atoms with E-state index in [0.717, 1.165) is 17.3 Å². The van der Waals surface area contributed by atoms with Crippen LogP contribution in [-0.4, -0.2) is 4.89 Å². The van der Waals surface area contributed by atoms with Crippen molar-refractivity contribution in [1.82, 2.24) is 0 Å². The van der Waals surface area contributed by atoms with Crippen LogP contribution >= 0.6 is 8.81 Å². The van der Waals surface area contributed by atoms with Crippen molar-refractivity contribution in [2.45, 2.75) is 27.2 Å². The molecule has 0 saturated heterocycles. The summed E-state index contributed by atoms with van der Waals surface area (Å²) in [6.07, 6.45) is 0.924. The van der Waals surface area contributed by atoms with Gasteiger partial charge in [0.15, 0.2) is 0 Å². The van der Waals surface area contributed by atoms with Crippen LogP contribution in [0.15, 0.2) is 43.0 Å². The van der Waals surface area contributed by atoms with Gasteiger partial charge < -0.3 is 4.89 Å². The van der Waals surface area contributed by atoms with Crippen molar-refractivity contribution in [1.29, 1.82) is 0 Å². The molecule has 20 heavy (non-hydrogen) atoms. The summed E-state index contributed by atoms with van der Waals surface area (Å²) in [6.45, 7) is 10.4. The predicted molar refractivity (Wildman–Crippen MR) is 89.5 cm³/mol. The van der Waals surface area contributed by atoms with Gasteiger partial charge in [0.05, 0.1) is 0 Å². The van der Waals surface area contributed by atoms with Crippen LogP contribution in [0.25, 0.3) is 5.31 Å². The molecule has 1 N–H and O–H groups in total. The first-order valence-corrected chi connectivity index (χ1v) is 7.72. The number of rotatable bonds is 4. The molecule has 1 atom stereocenters. The Morgan fingerprint density at radius 1 is 1.10 bits per heavy atom. The Labute approximate surface area is 123 Å². The van der Waals surface area contributed by atoms with Gasteiger partial charge in [-0.25, -0.2) is 0 Å². The quantitative estimate of drug-likeness (QED) is 0.803. The molecule has 104 valence electrons. The molecule has 0 aliphatic heterocycles. The summed E-state index contributed by atoms with van der Waals surface area (Å²) >= 11 is 0. The molecule has 2 aromatic carbocycles. The summed E-state index contributed by atoms with van der Waals surface area (Å²) in [6, 6.07) is 12.7. The Morgan fingerprint density at radius 3 is 2.35 bits per heavy atom. The molecule has 0 aromatic heterocycles. The summed E-state index contributed by atoms with van der Waals surface area (Å²) in [5.74, 6) is 0. The Kier molecular flexibility index (Phi) is 4.75. The minimum Gasteiger partial charge on any atom is -0.372 e. The first kappa shape index (κ1) is 15.0. The van der Waals surface area contributed by atoms with Gasteiger partial charge >= 0.3 is 0 Å². The largest absolute Gasteiger partial charge is 0.372 e. The molecule has 0 aliphatic carbocycles. The molecule has 0 saturated carbocycles. The summed E-state index contributed by atoms with van der Waals surface area (Å²) in [5.41, 5.74) is 7.53. The lowest BCUT2D eigenvalue weighted by atomic mass is 9.90. The number of benzene rings is 2. The van der Waals surface area contributed by atoms with E-state index in [9.17, 15) is 4.89 Å². The molecular weight excluding hydrogens is 263 g/mol. The Bertz CT molecular complexity index is 630. The first-order valence-electron chi connectivity index (χ1n) is 6.77. The van der Waals surface area contributed by atoms with Gasteiger partial charge in [0.2, 0.25) is 0 Å². The van der Waals surface area contributed by atoms with Crippen molar-refractivity contribution in [3.63, 3.8) is 0 Å². The van der Waals surface area contributed by atoms with Crippen LogP contribution in [0.3, 0.4) is 0 Å². The summed E-state index contributed by atoms with van der Waals surface area (Å²) in [7, 11) is -0.232. The third-order valence-electron chi connectivity index (χ3n) is 3.79. The van der Waals surface area contributed by atoms with E-state index in [1.807, 2.05) is 6.07 Å². The van der Waals surface area contributed by atoms with Crippen molar-refractivity contribution < 1.29 is 4.89 Å². The van der Waals surface area contributed by atoms with E-state index in [2.05, 4.69) is 57.7 Å². The van der Waals surface area contributed by atoms with Crippen LogP contribution in [-0.2, 0) is 6.42 Å². The molecule has 0 aliphatic rings. The van der Waals surface area contributed by atoms with Crippen molar-refractivity contribution >= 4 is 14.1 Å². The van der Waals surface area contributed by atoms with Gasteiger partial charge in [-0.15, -0.1) is 0 Å². The Hall–Kier alpha value is -1.43. The Morgan fingerprint density at radius 2 is 1.75 bits per heavy atom. The highest BCUT2D eigenvalue weighted by Gasteiger charge is 2.13. The lowest BCUT2D eigenvalue weighted by Gasteiger charge is -2.18. The monoisotopic (exact) mass is 284 g/mol. The molecule has 0 heterocycles. The highest BCUT2D eigenvalue weighted by atomic mass is 31.1. The minimum atomic E-state index is -0.232. The van der Waals surface area contributed by atoms with Gasteiger partial charge in [0.25, 0.3) is 0 Å². The van der Waals surface area contributed by atoms with Crippen LogP contribution < -0.4 is 0 Å². The van der Waals surface area contributed by atoms with Crippen molar-refractivity contribution in [2.75, 3.05) is 0 Å². The fourth-order valence-electron chi connectivity index (χ4n) is 2.82. The molecule has 0 radical (unpaired) electrons. The second kappa shape index (κ2) is 6.35. The predicted octanol–water partition coefficient (Wildman–Crippen LogP) is 4.76. The zero-order valence-corrected chi connectivity index (χ0v) is 13.3. The van der Waals surface area contributed by atoms with Gasteiger partial charge in [-0.3, -0.25) is 0 Å². The lowest BCUT2D eigenvalue weighted by Crippen LogP contribution is -2.01. The third-order valence-corrected chi connectivity index (χ3v) is 4.31. The van der Waals surface area contributed by atoms with Crippen LogP contribution in [0.2, 0.25) is 0 Å². The maximum atomic E-state index is 9.42. The molecule has 1 unspecified atom stereocenters. The van der Waals surface area contributed by atoms with Crippen LogP contribution in [0.4, 0.5) is 0 Å². The van der Waals surface area contributed by atoms with Crippen molar-refractivity contribution in [2.24, 2.45) is 0 Å². The third kappa shape index (κ3) is 3.00. The first-order chi connectivity index (χ1) is 9.54. The smallest absolute Gasteiger partial charge is 0.0420 e. The molecule has 0 spiro atoms. The molecule has 2 aromatic rings. The van der Waals surface area contributed by atoms with Gasteiger partial charge in [0, 0.05) is 8.81 Å². The van der Waals surface area contributed by atoms with Crippen molar-refractivity contribution in [3.8, 4) is 0 Å². The normalized spacial score (nSPS) is 11.2. The highest BCUT2D eigenvalue weighted by molar-refractivity contribution is 7.44. The van der Waals surface area contributed by atoms with Crippen LogP contribution in [0.5, 0.6) is 0 Å². The van der Waals surface area contributed by atoms with Gasteiger partial charge in [-0.1, -0.05) is 43.0 Å².